The summed E-state index contributed by atoms with van der Waals surface area (Å²) < 4.78 is 5.56. The molecule has 2 unspecified atom stereocenters. The van der Waals surface area contributed by atoms with Crippen LogP contribution in [0.15, 0.2) is 54.6 Å². The van der Waals surface area contributed by atoms with Gasteiger partial charge in [-0.05, 0) is 43.0 Å². The number of aryl methyl sites for hydroxylation is 1. The minimum Gasteiger partial charge on any atom is -0.494 e. The van der Waals surface area contributed by atoms with Crippen LogP contribution in [-0.2, 0) is 14.4 Å². The summed E-state index contributed by atoms with van der Waals surface area (Å²) in [5.41, 5.74) is 7.79. The van der Waals surface area contributed by atoms with Crippen LogP contribution >= 0.6 is 0 Å². The summed E-state index contributed by atoms with van der Waals surface area (Å²) in [5.74, 6) is -0.237. The Morgan fingerprint density at radius 3 is 2.52 bits per heavy atom. The average molecular weight is 424 g/mol. The molecule has 3 rings (SSSR count). The minimum atomic E-state index is -0.659. The fraction of sp³-hybridized carbons (Fsp3) is 0.375. The van der Waals surface area contributed by atoms with Crippen molar-refractivity contribution >= 4 is 17.7 Å². The zero-order valence-electron chi connectivity index (χ0n) is 17.8. The monoisotopic (exact) mass is 423 g/mol. The lowest BCUT2D eigenvalue weighted by Gasteiger charge is -2.22. The summed E-state index contributed by atoms with van der Waals surface area (Å²) in [7, 11) is 0. The first kappa shape index (κ1) is 22.3. The molecule has 0 saturated carbocycles. The first-order chi connectivity index (χ1) is 15.0. The van der Waals surface area contributed by atoms with E-state index in [0.717, 1.165) is 16.9 Å². The standard InChI is InChI=1S/C24H29N3O4/c1-17-8-5-6-11-20(17)18-14-21(24(25)30)27(16-18)23(29)15-26-22(28)12-7-13-31-19-9-3-2-4-10-19/h2-6,8-11,18,21H,7,12-16H2,1H3,(H2,25,30)(H,26,28). The first-order valence-electron chi connectivity index (χ1n) is 10.5. The van der Waals surface area contributed by atoms with Crippen molar-refractivity contribution < 1.29 is 19.1 Å². The number of nitrogens with two attached hydrogens (primary N) is 1. The van der Waals surface area contributed by atoms with Crippen molar-refractivity contribution in [2.75, 3.05) is 19.7 Å². The molecule has 1 aliphatic rings. The van der Waals surface area contributed by atoms with E-state index >= 15 is 0 Å². The lowest BCUT2D eigenvalue weighted by molar-refractivity contribution is -0.137. The van der Waals surface area contributed by atoms with Crippen LogP contribution in [0, 0.1) is 6.92 Å². The van der Waals surface area contributed by atoms with Gasteiger partial charge in [-0.2, -0.15) is 0 Å². The fourth-order valence-electron chi connectivity index (χ4n) is 3.96. The van der Waals surface area contributed by atoms with E-state index in [9.17, 15) is 14.4 Å². The van der Waals surface area contributed by atoms with Gasteiger partial charge < -0.3 is 20.7 Å². The molecule has 3 N–H and O–H groups in total. The second kappa shape index (κ2) is 10.6. The number of amides is 3. The number of carbonyl (C=O) groups is 3. The molecule has 3 amide bonds. The highest BCUT2D eigenvalue weighted by Crippen LogP contribution is 2.33. The molecule has 0 bridgehead atoms. The molecule has 2 atom stereocenters. The summed E-state index contributed by atoms with van der Waals surface area (Å²) in [6, 6.07) is 16.7. The molecule has 1 saturated heterocycles. The SMILES string of the molecule is Cc1ccccc1C1CC(C(N)=O)N(C(=O)CNC(=O)CCCOc2ccccc2)C1. The van der Waals surface area contributed by atoms with Crippen LogP contribution in [-0.4, -0.2) is 48.4 Å². The summed E-state index contributed by atoms with van der Waals surface area (Å²) in [4.78, 5) is 38.2. The van der Waals surface area contributed by atoms with E-state index in [1.807, 2.05) is 61.5 Å². The fourth-order valence-corrected chi connectivity index (χ4v) is 3.96. The number of carbonyl (C=O) groups excluding carboxylic acids is 3. The summed E-state index contributed by atoms with van der Waals surface area (Å²) in [6.45, 7) is 2.70. The van der Waals surface area contributed by atoms with Crippen LogP contribution in [0.1, 0.15) is 36.3 Å². The maximum atomic E-state index is 12.7. The number of nitrogens with one attached hydrogen (secondary N) is 1. The third-order valence-electron chi connectivity index (χ3n) is 5.58. The Morgan fingerprint density at radius 2 is 1.81 bits per heavy atom. The third kappa shape index (κ3) is 6.07. The van der Waals surface area contributed by atoms with Crippen molar-refractivity contribution in [1.82, 2.24) is 10.2 Å². The number of nitrogens with zero attached hydrogens (tertiary/aromatic N) is 1. The van der Waals surface area contributed by atoms with Gasteiger partial charge in [0.05, 0.1) is 13.2 Å². The van der Waals surface area contributed by atoms with Gasteiger partial charge in [-0.1, -0.05) is 42.5 Å². The van der Waals surface area contributed by atoms with E-state index < -0.39 is 11.9 Å². The van der Waals surface area contributed by atoms with E-state index in [1.165, 1.54) is 4.90 Å². The van der Waals surface area contributed by atoms with Crippen molar-refractivity contribution in [3.05, 3.63) is 65.7 Å². The molecule has 7 heteroatoms. The number of benzene rings is 2. The quantitative estimate of drug-likeness (QED) is 0.603. The Labute approximate surface area is 182 Å². The van der Waals surface area contributed by atoms with Gasteiger partial charge in [-0.15, -0.1) is 0 Å². The highest BCUT2D eigenvalue weighted by molar-refractivity contribution is 5.90. The second-order valence-corrected chi connectivity index (χ2v) is 7.80. The molecule has 2 aromatic rings. The van der Waals surface area contributed by atoms with Gasteiger partial charge >= 0.3 is 0 Å². The largest absolute Gasteiger partial charge is 0.494 e. The molecule has 164 valence electrons. The third-order valence-corrected chi connectivity index (χ3v) is 5.58. The number of rotatable bonds is 9. The lowest BCUT2D eigenvalue weighted by atomic mass is 9.92. The predicted molar refractivity (Wildman–Crippen MR) is 117 cm³/mol. The molecule has 31 heavy (non-hydrogen) atoms. The molecule has 1 heterocycles. The van der Waals surface area contributed by atoms with Gasteiger partial charge in [0, 0.05) is 18.9 Å². The van der Waals surface area contributed by atoms with Gasteiger partial charge in [0.25, 0.3) is 0 Å². The zero-order valence-corrected chi connectivity index (χ0v) is 17.8. The molecule has 1 fully saturated rings. The van der Waals surface area contributed by atoms with Crippen molar-refractivity contribution in [2.24, 2.45) is 5.73 Å². The molecule has 0 radical (unpaired) electrons. The molecule has 0 spiro atoms. The molecule has 7 nitrogen and oxygen atoms in total. The molecule has 1 aliphatic heterocycles. The Bertz CT molecular complexity index is 916. The average Bonchev–Trinajstić information content (AvgIpc) is 3.22. The zero-order chi connectivity index (χ0) is 22.2. The van der Waals surface area contributed by atoms with Gasteiger partial charge in [-0.25, -0.2) is 0 Å². The highest BCUT2D eigenvalue weighted by Gasteiger charge is 2.39. The van der Waals surface area contributed by atoms with E-state index in [1.54, 1.807) is 0 Å². The lowest BCUT2D eigenvalue weighted by Crippen LogP contribution is -2.47. The van der Waals surface area contributed by atoms with Crippen molar-refractivity contribution in [2.45, 2.75) is 38.1 Å². The Kier molecular flexibility index (Phi) is 7.65. The van der Waals surface area contributed by atoms with Crippen LogP contribution in [0.3, 0.4) is 0 Å². The van der Waals surface area contributed by atoms with Crippen LogP contribution in [0.25, 0.3) is 0 Å². The van der Waals surface area contributed by atoms with Gasteiger partial charge in [0.15, 0.2) is 0 Å². The maximum absolute atomic E-state index is 12.7. The number of hydrogen-bond donors (Lipinski definition) is 2. The van der Waals surface area contributed by atoms with E-state index in [0.29, 0.717) is 26.0 Å². The number of hydrogen-bond acceptors (Lipinski definition) is 4. The Morgan fingerprint density at radius 1 is 1.10 bits per heavy atom. The highest BCUT2D eigenvalue weighted by atomic mass is 16.5. The van der Waals surface area contributed by atoms with E-state index in [-0.39, 0.29) is 30.7 Å². The van der Waals surface area contributed by atoms with E-state index in [4.69, 9.17) is 10.5 Å². The van der Waals surface area contributed by atoms with Gasteiger partial charge in [0.2, 0.25) is 17.7 Å². The smallest absolute Gasteiger partial charge is 0.242 e. The predicted octanol–water partition coefficient (Wildman–Crippen LogP) is 2.14. The first-order valence-corrected chi connectivity index (χ1v) is 10.5. The van der Waals surface area contributed by atoms with E-state index in [2.05, 4.69) is 5.32 Å². The van der Waals surface area contributed by atoms with Gasteiger partial charge in [0.1, 0.15) is 11.8 Å². The summed E-state index contributed by atoms with van der Waals surface area (Å²) in [6.07, 6.45) is 1.29. The second-order valence-electron chi connectivity index (χ2n) is 7.80. The normalized spacial score (nSPS) is 17.9. The van der Waals surface area contributed by atoms with Crippen LogP contribution in [0.2, 0.25) is 0 Å². The molecular formula is C24H29N3O4. The molecule has 2 aromatic carbocycles. The number of likely N-dealkylation sites (tertiary alicyclic amines) is 1. The van der Waals surface area contributed by atoms with Crippen molar-refractivity contribution in [3.63, 3.8) is 0 Å². The van der Waals surface area contributed by atoms with Crippen molar-refractivity contribution in [1.29, 1.82) is 0 Å². The number of primary amides is 1. The van der Waals surface area contributed by atoms with Crippen molar-refractivity contribution in [3.8, 4) is 5.75 Å². The number of ether oxygens (including phenoxy) is 1. The Balaban J connectivity index is 1.46. The summed E-state index contributed by atoms with van der Waals surface area (Å²) >= 11 is 0. The van der Waals surface area contributed by atoms with Crippen LogP contribution < -0.4 is 15.8 Å². The maximum Gasteiger partial charge on any atom is 0.242 e. The summed E-state index contributed by atoms with van der Waals surface area (Å²) in [5, 5.41) is 2.65. The molecule has 0 aromatic heterocycles. The van der Waals surface area contributed by atoms with Crippen LogP contribution in [0.5, 0.6) is 5.75 Å². The number of para-hydroxylation sites is 1. The molecule has 0 aliphatic carbocycles. The Hall–Kier alpha value is -3.35. The van der Waals surface area contributed by atoms with Gasteiger partial charge in [-0.3, -0.25) is 14.4 Å². The minimum absolute atomic E-state index is 0.0495. The molecular weight excluding hydrogens is 394 g/mol. The topological polar surface area (TPSA) is 102 Å². The van der Waals surface area contributed by atoms with Crippen LogP contribution in [0.4, 0.5) is 0 Å².